The van der Waals surface area contributed by atoms with Crippen LogP contribution >= 0.6 is 0 Å². The molecule has 1 unspecified atom stereocenters. The van der Waals surface area contributed by atoms with Crippen molar-refractivity contribution >= 4 is 5.82 Å². The lowest BCUT2D eigenvalue weighted by Crippen LogP contribution is -2.46. The molecule has 0 radical (unpaired) electrons. The Bertz CT molecular complexity index is 489. The van der Waals surface area contributed by atoms with E-state index in [1.165, 1.54) is 0 Å². The van der Waals surface area contributed by atoms with Gasteiger partial charge in [-0.1, -0.05) is 0 Å². The highest BCUT2D eigenvalue weighted by Gasteiger charge is 2.41. The fraction of sp³-hybridized carbons (Fsp3) is 0.667. The second kappa shape index (κ2) is 3.75. The standard InChI is InChI=1S/C9H15N5O2/c1-9(4-10,5-2-3-5)12-6-7(15)11-8(16)14-13-6/h5H,2-4,10H2,1H3,(H,12,13)(H2,11,14,15,16). The lowest BCUT2D eigenvalue weighted by molar-refractivity contribution is 0.456. The lowest BCUT2D eigenvalue weighted by Gasteiger charge is -2.29. The fourth-order valence-corrected chi connectivity index (χ4v) is 1.74. The van der Waals surface area contributed by atoms with Gasteiger partial charge in [0, 0.05) is 6.54 Å². The van der Waals surface area contributed by atoms with Gasteiger partial charge in [-0.05, 0) is 25.7 Å². The molecular weight excluding hydrogens is 210 g/mol. The monoisotopic (exact) mass is 225 g/mol. The van der Waals surface area contributed by atoms with Crippen LogP contribution < -0.4 is 22.3 Å². The number of nitrogens with one attached hydrogen (secondary N) is 3. The molecule has 1 fully saturated rings. The molecule has 16 heavy (non-hydrogen) atoms. The van der Waals surface area contributed by atoms with E-state index in [0.717, 1.165) is 12.8 Å². The summed E-state index contributed by atoms with van der Waals surface area (Å²) in [4.78, 5) is 24.3. The predicted molar refractivity (Wildman–Crippen MR) is 59.3 cm³/mol. The summed E-state index contributed by atoms with van der Waals surface area (Å²) in [6.07, 6.45) is 2.20. The third-order valence-electron chi connectivity index (χ3n) is 3.02. The highest BCUT2D eigenvalue weighted by molar-refractivity contribution is 5.34. The van der Waals surface area contributed by atoms with Crippen molar-refractivity contribution in [3.63, 3.8) is 0 Å². The Hall–Kier alpha value is -1.63. The number of hydrogen-bond donors (Lipinski definition) is 4. The number of aromatic amines is 2. The molecule has 0 amide bonds. The van der Waals surface area contributed by atoms with E-state index in [0.29, 0.717) is 12.5 Å². The van der Waals surface area contributed by atoms with Crippen molar-refractivity contribution in [2.24, 2.45) is 11.7 Å². The van der Waals surface area contributed by atoms with E-state index < -0.39 is 11.2 Å². The van der Waals surface area contributed by atoms with Gasteiger partial charge in [-0.15, -0.1) is 5.10 Å². The minimum Gasteiger partial charge on any atom is -0.357 e. The summed E-state index contributed by atoms with van der Waals surface area (Å²) in [5.74, 6) is 0.574. The molecule has 1 aromatic rings. The van der Waals surface area contributed by atoms with Gasteiger partial charge in [0.15, 0.2) is 0 Å². The maximum Gasteiger partial charge on any atom is 0.342 e. The van der Waals surface area contributed by atoms with E-state index in [-0.39, 0.29) is 11.4 Å². The average Bonchev–Trinajstić information content (AvgIpc) is 3.06. The SMILES string of the molecule is CC(CN)(Nc1n[nH]c(=O)[nH]c1=O)C1CC1. The fourth-order valence-electron chi connectivity index (χ4n) is 1.74. The molecule has 0 spiro atoms. The molecular formula is C9H15N5O2. The first-order chi connectivity index (χ1) is 7.55. The Balaban J connectivity index is 2.25. The van der Waals surface area contributed by atoms with Crippen molar-refractivity contribution in [2.75, 3.05) is 11.9 Å². The largest absolute Gasteiger partial charge is 0.357 e. The van der Waals surface area contributed by atoms with Crippen molar-refractivity contribution in [3.05, 3.63) is 20.8 Å². The first-order valence-electron chi connectivity index (χ1n) is 5.22. The summed E-state index contributed by atoms with van der Waals surface area (Å²) < 4.78 is 0. The van der Waals surface area contributed by atoms with Crippen LogP contribution in [0.15, 0.2) is 9.59 Å². The summed E-state index contributed by atoms with van der Waals surface area (Å²) in [5, 5.41) is 8.87. The van der Waals surface area contributed by atoms with Gasteiger partial charge in [0.25, 0.3) is 5.56 Å². The van der Waals surface area contributed by atoms with Crippen LogP contribution in [0.2, 0.25) is 0 Å². The summed E-state index contributed by atoms with van der Waals surface area (Å²) >= 11 is 0. The van der Waals surface area contributed by atoms with Crippen LogP contribution in [0, 0.1) is 5.92 Å². The zero-order chi connectivity index (χ0) is 11.8. The smallest absolute Gasteiger partial charge is 0.342 e. The van der Waals surface area contributed by atoms with E-state index in [4.69, 9.17) is 5.73 Å². The van der Waals surface area contributed by atoms with Crippen LogP contribution in [-0.4, -0.2) is 27.3 Å². The quantitative estimate of drug-likeness (QED) is 0.524. The van der Waals surface area contributed by atoms with Crippen LogP contribution in [0.3, 0.4) is 0 Å². The van der Waals surface area contributed by atoms with E-state index in [1.54, 1.807) is 0 Å². The van der Waals surface area contributed by atoms with Crippen LogP contribution in [0.4, 0.5) is 5.82 Å². The highest BCUT2D eigenvalue weighted by Crippen LogP contribution is 2.40. The van der Waals surface area contributed by atoms with Crippen molar-refractivity contribution in [1.29, 1.82) is 0 Å². The Morgan fingerprint density at radius 3 is 2.75 bits per heavy atom. The summed E-state index contributed by atoms with van der Waals surface area (Å²) in [6, 6.07) is 0. The molecule has 2 rings (SSSR count). The zero-order valence-electron chi connectivity index (χ0n) is 9.04. The van der Waals surface area contributed by atoms with Gasteiger partial charge >= 0.3 is 5.69 Å². The number of rotatable bonds is 4. The van der Waals surface area contributed by atoms with Crippen LogP contribution in [0.5, 0.6) is 0 Å². The highest BCUT2D eigenvalue weighted by atomic mass is 16.2. The Kier molecular flexibility index (Phi) is 2.55. The molecule has 5 N–H and O–H groups in total. The number of nitrogens with zero attached hydrogens (tertiary/aromatic N) is 1. The zero-order valence-corrected chi connectivity index (χ0v) is 9.04. The molecule has 1 aliphatic carbocycles. The molecule has 0 saturated heterocycles. The third-order valence-corrected chi connectivity index (χ3v) is 3.02. The van der Waals surface area contributed by atoms with Gasteiger partial charge in [0.1, 0.15) is 0 Å². The molecule has 0 aromatic carbocycles. The van der Waals surface area contributed by atoms with Gasteiger partial charge in [-0.3, -0.25) is 9.78 Å². The van der Waals surface area contributed by atoms with E-state index in [9.17, 15) is 9.59 Å². The van der Waals surface area contributed by atoms with Gasteiger partial charge in [-0.2, -0.15) is 0 Å². The second-order valence-electron chi connectivity index (χ2n) is 4.38. The third kappa shape index (κ3) is 1.99. The molecule has 1 aromatic heterocycles. The Morgan fingerprint density at radius 2 is 2.25 bits per heavy atom. The molecule has 0 bridgehead atoms. The molecule has 1 aliphatic rings. The molecule has 1 atom stereocenters. The first kappa shape index (κ1) is 10.9. The molecule has 88 valence electrons. The molecule has 0 aliphatic heterocycles. The van der Waals surface area contributed by atoms with Gasteiger partial charge in [0.2, 0.25) is 5.82 Å². The molecule has 1 saturated carbocycles. The summed E-state index contributed by atoms with van der Waals surface area (Å²) in [6.45, 7) is 2.37. The van der Waals surface area contributed by atoms with Crippen molar-refractivity contribution in [1.82, 2.24) is 15.2 Å². The number of aromatic nitrogens is 3. The van der Waals surface area contributed by atoms with Crippen LogP contribution in [0.25, 0.3) is 0 Å². The number of H-pyrrole nitrogens is 2. The second-order valence-corrected chi connectivity index (χ2v) is 4.38. The topological polar surface area (TPSA) is 117 Å². The van der Waals surface area contributed by atoms with Crippen LogP contribution in [-0.2, 0) is 0 Å². The predicted octanol–water partition coefficient (Wildman–Crippen LogP) is -1.00. The average molecular weight is 225 g/mol. The number of nitrogens with two attached hydrogens (primary N) is 1. The first-order valence-corrected chi connectivity index (χ1v) is 5.22. The number of anilines is 1. The minimum atomic E-state index is -0.614. The normalized spacial score (nSPS) is 19.1. The van der Waals surface area contributed by atoms with Crippen molar-refractivity contribution < 1.29 is 0 Å². The number of hydrogen-bond acceptors (Lipinski definition) is 5. The summed E-state index contributed by atoms with van der Waals surface area (Å²) in [7, 11) is 0. The van der Waals surface area contributed by atoms with E-state index in [2.05, 4.69) is 20.5 Å². The molecule has 1 heterocycles. The van der Waals surface area contributed by atoms with Crippen LogP contribution in [0.1, 0.15) is 19.8 Å². The van der Waals surface area contributed by atoms with Gasteiger partial charge in [0.05, 0.1) is 5.54 Å². The molecule has 7 nitrogen and oxygen atoms in total. The van der Waals surface area contributed by atoms with E-state index in [1.807, 2.05) is 6.92 Å². The van der Waals surface area contributed by atoms with E-state index >= 15 is 0 Å². The lowest BCUT2D eigenvalue weighted by atomic mass is 9.96. The Labute approximate surface area is 91.5 Å². The van der Waals surface area contributed by atoms with Crippen molar-refractivity contribution in [3.8, 4) is 0 Å². The van der Waals surface area contributed by atoms with Crippen molar-refractivity contribution in [2.45, 2.75) is 25.3 Å². The van der Waals surface area contributed by atoms with Gasteiger partial charge in [-0.25, -0.2) is 9.89 Å². The van der Waals surface area contributed by atoms with Gasteiger partial charge < -0.3 is 11.1 Å². The minimum absolute atomic E-state index is 0.111. The summed E-state index contributed by atoms with van der Waals surface area (Å²) in [5.41, 5.74) is 4.23. The maximum atomic E-state index is 11.4. The Morgan fingerprint density at radius 1 is 1.56 bits per heavy atom. The maximum absolute atomic E-state index is 11.4. The molecule has 7 heteroatoms.